The number of anilines is 1. The number of alkyl halides is 3. The predicted molar refractivity (Wildman–Crippen MR) is 141 cm³/mol. The Hall–Kier alpha value is -3.89. The van der Waals surface area contributed by atoms with Crippen LogP contribution < -0.4 is 19.9 Å². The number of halogens is 5. The van der Waals surface area contributed by atoms with Crippen LogP contribution in [0.2, 0.25) is 5.02 Å². The standard InChI is InChI=1S/C24H22ClF4N5O6S/c1-4-33-18(11-35)31-34(23(33)36)14-9-13-7-8-30-22(19(13)17(10-14)39-12(2)24(27,28)29)40-21-15(26)5-6-16(20(21)25)32-41(3,37)38/h5-10,12,32,35H,4,11H2,1-3H3/t12-/m0/s1. The first kappa shape index (κ1) is 30.1. The minimum atomic E-state index is -4.79. The summed E-state index contributed by atoms with van der Waals surface area (Å²) in [5, 5.41) is 13.2. The molecule has 4 rings (SSSR count). The maximum Gasteiger partial charge on any atom is 0.425 e. The predicted octanol–water partition coefficient (Wildman–Crippen LogP) is 4.38. The van der Waals surface area contributed by atoms with Crippen molar-refractivity contribution >= 4 is 38.1 Å². The highest BCUT2D eigenvalue weighted by atomic mass is 35.5. The molecule has 220 valence electrons. The van der Waals surface area contributed by atoms with Crippen LogP contribution in [0.25, 0.3) is 16.5 Å². The van der Waals surface area contributed by atoms with Crippen molar-refractivity contribution in [3.05, 3.63) is 63.7 Å². The van der Waals surface area contributed by atoms with Crippen molar-refractivity contribution < 1.29 is 40.6 Å². The van der Waals surface area contributed by atoms with Gasteiger partial charge in [0.2, 0.25) is 15.9 Å². The van der Waals surface area contributed by atoms with Gasteiger partial charge < -0.3 is 14.6 Å². The number of rotatable bonds is 9. The largest absolute Gasteiger partial charge is 0.480 e. The molecule has 0 spiro atoms. The average Bonchev–Trinajstić information content (AvgIpc) is 3.22. The molecule has 2 aromatic carbocycles. The molecule has 0 saturated carbocycles. The van der Waals surface area contributed by atoms with Gasteiger partial charge in [-0.3, -0.25) is 9.29 Å². The number of aromatic nitrogens is 4. The normalized spacial score (nSPS) is 12.9. The summed E-state index contributed by atoms with van der Waals surface area (Å²) in [7, 11) is -3.82. The van der Waals surface area contributed by atoms with Gasteiger partial charge in [-0.2, -0.15) is 17.9 Å². The second-order valence-corrected chi connectivity index (χ2v) is 10.8. The van der Waals surface area contributed by atoms with Crippen molar-refractivity contribution in [3.8, 4) is 23.1 Å². The molecule has 2 N–H and O–H groups in total. The van der Waals surface area contributed by atoms with Gasteiger partial charge in [0.15, 0.2) is 23.5 Å². The quantitative estimate of drug-likeness (QED) is 0.263. The van der Waals surface area contributed by atoms with Gasteiger partial charge >= 0.3 is 11.9 Å². The number of nitrogens with one attached hydrogen (secondary N) is 1. The number of aliphatic hydroxyl groups excluding tert-OH is 1. The summed E-state index contributed by atoms with van der Waals surface area (Å²) in [6.45, 7) is 2.00. The summed E-state index contributed by atoms with van der Waals surface area (Å²) >= 11 is 6.20. The van der Waals surface area contributed by atoms with Crippen LogP contribution >= 0.6 is 11.6 Å². The van der Waals surface area contributed by atoms with E-state index in [-0.39, 0.29) is 34.5 Å². The van der Waals surface area contributed by atoms with Crippen molar-refractivity contribution in [2.75, 3.05) is 11.0 Å². The zero-order valence-electron chi connectivity index (χ0n) is 21.5. The SMILES string of the molecule is CCn1c(CO)nn(-c2cc(O[C@@H](C)C(F)(F)F)c3c(Oc4c(F)ccc(NS(C)(=O)=O)c4Cl)nccc3c2)c1=O. The van der Waals surface area contributed by atoms with Crippen LogP contribution in [-0.2, 0) is 23.2 Å². The summed E-state index contributed by atoms with van der Waals surface area (Å²) in [6.07, 6.45) is -5.08. The van der Waals surface area contributed by atoms with E-state index >= 15 is 0 Å². The van der Waals surface area contributed by atoms with Crippen molar-refractivity contribution in [2.24, 2.45) is 0 Å². The first-order chi connectivity index (χ1) is 19.1. The highest BCUT2D eigenvalue weighted by Crippen LogP contribution is 2.42. The minimum Gasteiger partial charge on any atom is -0.480 e. The molecular formula is C24H22ClF4N5O6S. The third-order valence-corrected chi connectivity index (χ3v) is 6.69. The maximum absolute atomic E-state index is 14.8. The average molecular weight is 620 g/mol. The number of fused-ring (bicyclic) bond motifs is 1. The zero-order chi connectivity index (χ0) is 30.3. The lowest BCUT2D eigenvalue weighted by atomic mass is 10.1. The number of nitrogens with zero attached hydrogens (tertiary/aromatic N) is 4. The van der Waals surface area contributed by atoms with E-state index in [0.717, 1.165) is 36.1 Å². The molecule has 0 aliphatic carbocycles. The van der Waals surface area contributed by atoms with Gasteiger partial charge in [0, 0.05) is 18.8 Å². The van der Waals surface area contributed by atoms with Gasteiger partial charge in [0.05, 0.1) is 23.0 Å². The Morgan fingerprint density at radius 1 is 1.22 bits per heavy atom. The van der Waals surface area contributed by atoms with Gasteiger partial charge in [0.25, 0.3) is 0 Å². The van der Waals surface area contributed by atoms with Gasteiger partial charge in [-0.15, -0.1) is 5.10 Å². The fraction of sp³-hybridized carbons (Fsp3) is 0.292. The lowest BCUT2D eigenvalue weighted by Gasteiger charge is -2.20. The fourth-order valence-electron chi connectivity index (χ4n) is 3.82. The summed E-state index contributed by atoms with van der Waals surface area (Å²) in [5.74, 6) is -2.54. The summed E-state index contributed by atoms with van der Waals surface area (Å²) in [5.41, 5.74) is -0.893. The lowest BCUT2D eigenvalue weighted by Crippen LogP contribution is -2.31. The van der Waals surface area contributed by atoms with E-state index < -0.39 is 62.8 Å². The third-order valence-electron chi connectivity index (χ3n) is 5.73. The highest BCUT2D eigenvalue weighted by molar-refractivity contribution is 7.92. The van der Waals surface area contributed by atoms with E-state index in [9.17, 15) is 35.9 Å². The molecule has 0 aliphatic rings. The smallest absolute Gasteiger partial charge is 0.425 e. The van der Waals surface area contributed by atoms with E-state index in [1.54, 1.807) is 6.92 Å². The van der Waals surface area contributed by atoms with Crippen LogP contribution in [0.3, 0.4) is 0 Å². The van der Waals surface area contributed by atoms with Crippen LogP contribution in [-0.4, -0.2) is 51.4 Å². The number of hydrogen-bond donors (Lipinski definition) is 2. The van der Waals surface area contributed by atoms with Crippen molar-refractivity contribution in [2.45, 2.75) is 39.3 Å². The molecule has 0 aliphatic heterocycles. The van der Waals surface area contributed by atoms with Gasteiger partial charge in [-0.25, -0.2) is 22.6 Å². The zero-order valence-corrected chi connectivity index (χ0v) is 23.1. The molecule has 0 amide bonds. The van der Waals surface area contributed by atoms with Crippen LogP contribution in [0.5, 0.6) is 17.4 Å². The number of sulfonamides is 1. The van der Waals surface area contributed by atoms with Crippen LogP contribution in [0.1, 0.15) is 19.7 Å². The Morgan fingerprint density at radius 3 is 2.51 bits per heavy atom. The van der Waals surface area contributed by atoms with Gasteiger partial charge in [-0.1, -0.05) is 11.6 Å². The number of benzene rings is 2. The topological polar surface area (TPSA) is 138 Å². The van der Waals surface area contributed by atoms with E-state index in [4.69, 9.17) is 21.1 Å². The Kier molecular flexibility index (Phi) is 8.20. The highest BCUT2D eigenvalue weighted by Gasteiger charge is 2.38. The Labute approximate surface area is 234 Å². The molecule has 2 aromatic heterocycles. The van der Waals surface area contributed by atoms with Gasteiger partial charge in [0.1, 0.15) is 17.4 Å². The van der Waals surface area contributed by atoms with E-state index in [1.165, 1.54) is 22.9 Å². The molecule has 4 aromatic rings. The number of aliphatic hydroxyl groups is 1. The number of ether oxygens (including phenoxy) is 2. The maximum atomic E-state index is 14.8. The molecule has 0 radical (unpaired) electrons. The third kappa shape index (κ3) is 6.23. The molecular weight excluding hydrogens is 598 g/mol. The molecule has 2 heterocycles. The molecule has 0 saturated heterocycles. The first-order valence-corrected chi connectivity index (χ1v) is 14.0. The molecule has 0 fully saturated rings. The molecule has 11 nitrogen and oxygen atoms in total. The number of pyridine rings is 1. The lowest BCUT2D eigenvalue weighted by molar-refractivity contribution is -0.189. The van der Waals surface area contributed by atoms with Crippen molar-refractivity contribution in [3.63, 3.8) is 0 Å². The summed E-state index contributed by atoms with van der Waals surface area (Å²) in [6, 6.07) is 5.78. The van der Waals surface area contributed by atoms with Gasteiger partial charge in [-0.05, 0) is 43.5 Å². The number of hydrogen-bond acceptors (Lipinski definition) is 8. The van der Waals surface area contributed by atoms with E-state index in [1.807, 2.05) is 0 Å². The Bertz CT molecular complexity index is 1790. The fourth-order valence-corrected chi connectivity index (χ4v) is 4.69. The van der Waals surface area contributed by atoms with E-state index in [0.29, 0.717) is 0 Å². The first-order valence-electron chi connectivity index (χ1n) is 11.7. The molecule has 17 heteroatoms. The second-order valence-electron chi connectivity index (χ2n) is 8.69. The van der Waals surface area contributed by atoms with Crippen LogP contribution in [0.15, 0.2) is 41.3 Å². The summed E-state index contributed by atoms with van der Waals surface area (Å²) in [4.78, 5) is 16.9. The second kappa shape index (κ2) is 11.2. The van der Waals surface area contributed by atoms with Crippen LogP contribution in [0.4, 0.5) is 23.2 Å². The van der Waals surface area contributed by atoms with Crippen molar-refractivity contribution in [1.29, 1.82) is 0 Å². The summed E-state index contributed by atoms with van der Waals surface area (Å²) < 4.78 is 93.7. The van der Waals surface area contributed by atoms with Crippen molar-refractivity contribution in [1.82, 2.24) is 19.3 Å². The monoisotopic (exact) mass is 619 g/mol. The molecule has 0 bridgehead atoms. The Balaban J connectivity index is 1.94. The Morgan fingerprint density at radius 2 is 1.93 bits per heavy atom. The minimum absolute atomic E-state index is 0.00510. The molecule has 41 heavy (non-hydrogen) atoms. The molecule has 0 unspecified atom stereocenters. The van der Waals surface area contributed by atoms with E-state index in [2.05, 4.69) is 14.8 Å². The van der Waals surface area contributed by atoms with Crippen LogP contribution in [0, 0.1) is 5.82 Å². The molecule has 1 atom stereocenters.